The second-order valence-electron chi connectivity index (χ2n) is 2.93. The number of aromatic nitrogens is 1. The van der Waals surface area contributed by atoms with Gasteiger partial charge in [-0.25, -0.2) is 4.98 Å². The van der Waals surface area contributed by atoms with Crippen molar-refractivity contribution in [3.05, 3.63) is 15.0 Å². The fourth-order valence-electron chi connectivity index (χ4n) is 0.932. The highest BCUT2D eigenvalue weighted by molar-refractivity contribution is 7.15. The van der Waals surface area contributed by atoms with Crippen molar-refractivity contribution in [1.29, 1.82) is 0 Å². The van der Waals surface area contributed by atoms with E-state index in [1.807, 2.05) is 6.92 Å². The van der Waals surface area contributed by atoms with Crippen molar-refractivity contribution in [2.24, 2.45) is 0 Å². The molecule has 62 valence electrons. The van der Waals surface area contributed by atoms with Crippen molar-refractivity contribution >= 4 is 22.9 Å². The average Bonchev–Trinajstić information content (AvgIpc) is 2.08. The van der Waals surface area contributed by atoms with Crippen LogP contribution < -0.4 is 0 Å². The van der Waals surface area contributed by atoms with Gasteiger partial charge in [-0.1, -0.05) is 11.6 Å². The van der Waals surface area contributed by atoms with Gasteiger partial charge in [-0.2, -0.15) is 0 Å². The van der Waals surface area contributed by atoms with Crippen molar-refractivity contribution in [3.8, 4) is 0 Å². The van der Waals surface area contributed by atoms with Crippen LogP contribution in [0.4, 0.5) is 0 Å². The molecule has 1 N–H and O–H groups in total. The fourth-order valence-corrected chi connectivity index (χ4v) is 2.15. The predicted octanol–water partition coefficient (Wildman–Crippen LogP) is 2.33. The van der Waals surface area contributed by atoms with Crippen LogP contribution in [0, 0.1) is 6.92 Å². The zero-order valence-electron chi connectivity index (χ0n) is 6.68. The number of hydrogen-bond donors (Lipinski definition) is 1. The summed E-state index contributed by atoms with van der Waals surface area (Å²) in [6.07, 6.45) is 0. The van der Waals surface area contributed by atoms with Crippen molar-refractivity contribution in [2.45, 2.75) is 26.4 Å². The normalized spacial score (nSPS) is 12.1. The topological polar surface area (TPSA) is 33.1 Å². The van der Waals surface area contributed by atoms with E-state index in [9.17, 15) is 5.11 Å². The number of thiazole rings is 1. The van der Waals surface area contributed by atoms with Gasteiger partial charge in [0.2, 0.25) is 0 Å². The third kappa shape index (κ3) is 1.92. The standard InChI is InChI=1S/C7H10ClNOS/c1-4-5(7(2,3)10)9-6(8)11-4/h10H,1-3H3. The van der Waals surface area contributed by atoms with Crippen LogP contribution >= 0.6 is 22.9 Å². The Morgan fingerprint density at radius 3 is 2.27 bits per heavy atom. The van der Waals surface area contributed by atoms with Gasteiger partial charge in [0, 0.05) is 4.88 Å². The van der Waals surface area contributed by atoms with E-state index in [1.165, 1.54) is 11.3 Å². The van der Waals surface area contributed by atoms with E-state index < -0.39 is 5.60 Å². The highest BCUT2D eigenvalue weighted by Crippen LogP contribution is 2.29. The molecule has 0 radical (unpaired) electrons. The second-order valence-corrected chi connectivity index (χ2v) is 4.72. The van der Waals surface area contributed by atoms with Crippen LogP contribution in [0.5, 0.6) is 0 Å². The SMILES string of the molecule is Cc1sc(Cl)nc1C(C)(C)O. The fraction of sp³-hybridized carbons (Fsp3) is 0.571. The maximum absolute atomic E-state index is 9.57. The number of nitrogens with zero attached hydrogens (tertiary/aromatic N) is 1. The monoisotopic (exact) mass is 191 g/mol. The quantitative estimate of drug-likeness (QED) is 0.739. The van der Waals surface area contributed by atoms with Crippen LogP contribution in [0.2, 0.25) is 4.47 Å². The molecular weight excluding hydrogens is 182 g/mol. The number of hydrogen-bond acceptors (Lipinski definition) is 3. The number of aryl methyl sites for hydroxylation is 1. The van der Waals surface area contributed by atoms with Crippen LogP contribution in [-0.2, 0) is 5.60 Å². The third-order valence-corrected chi connectivity index (χ3v) is 2.43. The van der Waals surface area contributed by atoms with E-state index in [-0.39, 0.29) is 0 Å². The smallest absolute Gasteiger partial charge is 0.184 e. The summed E-state index contributed by atoms with van der Waals surface area (Å²) in [4.78, 5) is 4.99. The Balaban J connectivity index is 3.13. The summed E-state index contributed by atoms with van der Waals surface area (Å²) in [5, 5.41) is 9.57. The minimum atomic E-state index is -0.881. The molecule has 0 fully saturated rings. The highest BCUT2D eigenvalue weighted by Gasteiger charge is 2.22. The van der Waals surface area contributed by atoms with Crippen molar-refractivity contribution in [1.82, 2.24) is 4.98 Å². The van der Waals surface area contributed by atoms with Gasteiger partial charge < -0.3 is 5.11 Å². The van der Waals surface area contributed by atoms with Crippen molar-refractivity contribution in [2.75, 3.05) is 0 Å². The number of rotatable bonds is 1. The molecule has 1 rings (SSSR count). The van der Waals surface area contributed by atoms with E-state index in [0.29, 0.717) is 10.2 Å². The van der Waals surface area contributed by atoms with E-state index in [2.05, 4.69) is 4.98 Å². The molecule has 0 aliphatic rings. The van der Waals surface area contributed by atoms with Gasteiger partial charge >= 0.3 is 0 Å². The number of halogens is 1. The largest absolute Gasteiger partial charge is 0.384 e. The molecule has 0 atom stereocenters. The van der Waals surface area contributed by atoms with E-state index in [0.717, 1.165) is 4.88 Å². The molecule has 0 bridgehead atoms. The van der Waals surface area contributed by atoms with E-state index in [4.69, 9.17) is 11.6 Å². The first kappa shape index (κ1) is 8.97. The van der Waals surface area contributed by atoms with E-state index in [1.54, 1.807) is 13.8 Å². The molecule has 0 aliphatic heterocycles. The Morgan fingerprint density at radius 1 is 1.55 bits per heavy atom. The van der Waals surface area contributed by atoms with Gasteiger partial charge in [-0.05, 0) is 20.8 Å². The molecule has 0 amide bonds. The molecule has 0 aromatic carbocycles. The zero-order valence-corrected chi connectivity index (χ0v) is 8.25. The minimum absolute atomic E-state index is 0.486. The summed E-state index contributed by atoms with van der Waals surface area (Å²) < 4.78 is 0.486. The van der Waals surface area contributed by atoms with Crippen LogP contribution in [-0.4, -0.2) is 10.1 Å². The first-order chi connectivity index (χ1) is 4.91. The Labute approximate surface area is 74.8 Å². The summed E-state index contributed by atoms with van der Waals surface area (Å²) in [5.74, 6) is 0. The number of aliphatic hydroxyl groups is 1. The maximum atomic E-state index is 9.57. The molecule has 0 unspecified atom stereocenters. The van der Waals surface area contributed by atoms with Gasteiger partial charge in [0.1, 0.15) is 5.60 Å². The molecule has 1 aromatic rings. The Morgan fingerprint density at radius 2 is 2.09 bits per heavy atom. The van der Waals surface area contributed by atoms with Gasteiger partial charge in [0.25, 0.3) is 0 Å². The molecule has 0 saturated carbocycles. The van der Waals surface area contributed by atoms with E-state index >= 15 is 0 Å². The van der Waals surface area contributed by atoms with Crippen LogP contribution in [0.15, 0.2) is 0 Å². The Hall–Kier alpha value is -0.120. The molecule has 1 heterocycles. The molecule has 2 nitrogen and oxygen atoms in total. The lowest BCUT2D eigenvalue weighted by molar-refractivity contribution is 0.0739. The van der Waals surface area contributed by atoms with Gasteiger partial charge in [-0.3, -0.25) is 0 Å². The summed E-state index contributed by atoms with van der Waals surface area (Å²) in [5.41, 5.74) is -0.208. The predicted molar refractivity (Wildman–Crippen MR) is 47.1 cm³/mol. The Kier molecular flexibility index (Phi) is 2.23. The van der Waals surface area contributed by atoms with Gasteiger partial charge in [0.15, 0.2) is 4.47 Å². The summed E-state index contributed by atoms with van der Waals surface area (Å²) >= 11 is 7.06. The van der Waals surface area contributed by atoms with Crippen molar-refractivity contribution < 1.29 is 5.11 Å². The molecule has 0 spiro atoms. The first-order valence-corrected chi connectivity index (χ1v) is 4.46. The van der Waals surface area contributed by atoms with Gasteiger partial charge in [0.05, 0.1) is 5.69 Å². The summed E-state index contributed by atoms with van der Waals surface area (Å²) in [6, 6.07) is 0. The first-order valence-electron chi connectivity index (χ1n) is 3.27. The molecule has 0 saturated heterocycles. The lowest BCUT2D eigenvalue weighted by Crippen LogP contribution is -2.17. The zero-order chi connectivity index (χ0) is 8.65. The highest BCUT2D eigenvalue weighted by atomic mass is 35.5. The molecule has 0 aliphatic carbocycles. The van der Waals surface area contributed by atoms with Crippen LogP contribution in [0.1, 0.15) is 24.4 Å². The Bertz CT molecular complexity index is 264. The average molecular weight is 192 g/mol. The van der Waals surface area contributed by atoms with Crippen molar-refractivity contribution in [3.63, 3.8) is 0 Å². The third-order valence-electron chi connectivity index (χ3n) is 1.35. The summed E-state index contributed by atoms with van der Waals surface area (Å²) in [6.45, 7) is 5.30. The summed E-state index contributed by atoms with van der Waals surface area (Å²) in [7, 11) is 0. The minimum Gasteiger partial charge on any atom is -0.384 e. The van der Waals surface area contributed by atoms with Crippen LogP contribution in [0.25, 0.3) is 0 Å². The molecule has 1 aromatic heterocycles. The molecular formula is C7H10ClNOS. The lowest BCUT2D eigenvalue weighted by Gasteiger charge is -2.14. The maximum Gasteiger partial charge on any atom is 0.184 e. The molecule has 4 heteroatoms. The molecule has 11 heavy (non-hydrogen) atoms. The second kappa shape index (κ2) is 2.73. The van der Waals surface area contributed by atoms with Gasteiger partial charge in [-0.15, -0.1) is 11.3 Å². The van der Waals surface area contributed by atoms with Crippen LogP contribution in [0.3, 0.4) is 0 Å². The lowest BCUT2D eigenvalue weighted by atomic mass is 10.1.